The van der Waals surface area contributed by atoms with E-state index in [0.29, 0.717) is 17.8 Å². The number of aliphatic carboxylic acids is 1. The molecular weight excluding hydrogens is 402 g/mol. The summed E-state index contributed by atoms with van der Waals surface area (Å²) in [5.41, 5.74) is 1.01. The zero-order valence-electron chi connectivity index (χ0n) is 17.6. The van der Waals surface area contributed by atoms with Gasteiger partial charge in [-0.2, -0.15) is 5.26 Å². The molecule has 0 unspecified atom stereocenters. The van der Waals surface area contributed by atoms with Gasteiger partial charge in [-0.25, -0.2) is 9.78 Å². The van der Waals surface area contributed by atoms with Crippen molar-refractivity contribution in [2.24, 2.45) is 0 Å². The second-order valence-corrected chi connectivity index (χ2v) is 7.77. The quantitative estimate of drug-likeness (QED) is 0.583. The molecule has 31 heavy (non-hydrogen) atoms. The molecule has 10 nitrogen and oxygen atoms in total. The molecule has 0 aliphatic carbocycles. The molecule has 0 spiro atoms. The lowest BCUT2D eigenvalue weighted by Crippen LogP contribution is -2.43. The number of nitrogens with one attached hydrogen (secondary N) is 2. The number of amides is 2. The minimum atomic E-state index is -1.15. The van der Waals surface area contributed by atoms with Gasteiger partial charge in [0.15, 0.2) is 6.04 Å². The van der Waals surface area contributed by atoms with Crippen LogP contribution in [-0.4, -0.2) is 44.8 Å². The van der Waals surface area contributed by atoms with Crippen LogP contribution in [0.1, 0.15) is 50.1 Å². The summed E-state index contributed by atoms with van der Waals surface area (Å²) in [6.45, 7) is 5.34. The summed E-state index contributed by atoms with van der Waals surface area (Å²) in [7, 11) is 0. The van der Waals surface area contributed by atoms with Gasteiger partial charge in [-0.05, 0) is 38.5 Å². The molecule has 0 fully saturated rings. The molecule has 2 amide bonds. The van der Waals surface area contributed by atoms with Crippen LogP contribution in [0.3, 0.4) is 0 Å². The largest absolute Gasteiger partial charge is 0.481 e. The molecule has 0 saturated heterocycles. The number of ether oxygens (including phenoxy) is 1. The maximum atomic E-state index is 12.8. The standard InChI is InChI=1S/C21H25N5O5/c1-21(2,3)31-20(30)25-18(19(29)24-9-8-17(27)28)16-11-23-13-26(16)12-15-6-4-14(10-22)5-7-15/h4-7,11,13,18H,8-9,12H2,1-3H3,(H,24,29)(H,25,30)(H,27,28)/t18-/m0/s1. The van der Waals surface area contributed by atoms with Crippen molar-refractivity contribution in [2.45, 2.75) is 45.4 Å². The van der Waals surface area contributed by atoms with Crippen LogP contribution in [0.2, 0.25) is 0 Å². The van der Waals surface area contributed by atoms with Crippen molar-refractivity contribution in [3.05, 3.63) is 53.6 Å². The minimum absolute atomic E-state index is 0.0928. The van der Waals surface area contributed by atoms with Crippen LogP contribution < -0.4 is 10.6 Å². The first-order valence-electron chi connectivity index (χ1n) is 9.57. The molecular formula is C21H25N5O5. The minimum Gasteiger partial charge on any atom is -0.481 e. The Hall–Kier alpha value is -3.87. The van der Waals surface area contributed by atoms with E-state index in [2.05, 4.69) is 15.6 Å². The highest BCUT2D eigenvalue weighted by molar-refractivity contribution is 5.86. The number of nitriles is 1. The molecule has 2 rings (SSSR count). The van der Waals surface area contributed by atoms with Crippen molar-refractivity contribution < 1.29 is 24.2 Å². The van der Waals surface area contributed by atoms with Crippen LogP contribution in [0.4, 0.5) is 4.79 Å². The zero-order valence-corrected chi connectivity index (χ0v) is 17.6. The predicted octanol–water partition coefficient (Wildman–Crippen LogP) is 1.96. The van der Waals surface area contributed by atoms with E-state index < -0.39 is 29.6 Å². The van der Waals surface area contributed by atoms with Crippen LogP contribution in [0, 0.1) is 11.3 Å². The van der Waals surface area contributed by atoms with E-state index in [1.165, 1.54) is 12.5 Å². The van der Waals surface area contributed by atoms with Gasteiger partial charge in [0.2, 0.25) is 5.91 Å². The Kier molecular flexibility index (Phi) is 7.74. The first-order valence-corrected chi connectivity index (χ1v) is 9.57. The number of nitrogens with zero attached hydrogens (tertiary/aromatic N) is 3. The molecule has 0 saturated carbocycles. The summed E-state index contributed by atoms with van der Waals surface area (Å²) < 4.78 is 6.94. The third-order valence-corrected chi connectivity index (χ3v) is 4.04. The second kappa shape index (κ2) is 10.2. The summed E-state index contributed by atoms with van der Waals surface area (Å²) in [6, 6.07) is 7.83. The topological polar surface area (TPSA) is 146 Å². The number of benzene rings is 1. The number of carbonyl (C=O) groups excluding carboxylic acids is 2. The number of rotatable bonds is 8. The van der Waals surface area contributed by atoms with Crippen molar-refractivity contribution in [1.29, 1.82) is 5.26 Å². The Morgan fingerprint density at radius 2 is 1.94 bits per heavy atom. The van der Waals surface area contributed by atoms with E-state index in [4.69, 9.17) is 15.1 Å². The Morgan fingerprint density at radius 1 is 1.26 bits per heavy atom. The lowest BCUT2D eigenvalue weighted by molar-refractivity contribution is -0.137. The van der Waals surface area contributed by atoms with Crippen LogP contribution in [0.5, 0.6) is 0 Å². The zero-order chi connectivity index (χ0) is 23.0. The molecule has 1 atom stereocenters. The van der Waals surface area contributed by atoms with E-state index in [-0.39, 0.29) is 13.0 Å². The molecule has 0 aliphatic heterocycles. The van der Waals surface area contributed by atoms with Gasteiger partial charge in [0.05, 0.1) is 36.3 Å². The Bertz CT molecular complexity index is 969. The highest BCUT2D eigenvalue weighted by atomic mass is 16.6. The molecule has 1 aromatic carbocycles. The van der Waals surface area contributed by atoms with Crippen molar-refractivity contribution in [3.8, 4) is 6.07 Å². The smallest absolute Gasteiger partial charge is 0.408 e. The fourth-order valence-electron chi connectivity index (χ4n) is 2.68. The van der Waals surface area contributed by atoms with Gasteiger partial charge in [0.1, 0.15) is 5.60 Å². The van der Waals surface area contributed by atoms with Crippen LogP contribution in [0.25, 0.3) is 0 Å². The van der Waals surface area contributed by atoms with Crippen LogP contribution in [0.15, 0.2) is 36.8 Å². The molecule has 0 aliphatic rings. The van der Waals surface area contributed by atoms with Crippen LogP contribution in [-0.2, 0) is 20.9 Å². The summed E-state index contributed by atoms with van der Waals surface area (Å²) in [4.78, 5) is 39.9. The predicted molar refractivity (Wildman–Crippen MR) is 110 cm³/mol. The van der Waals surface area contributed by atoms with Gasteiger partial charge in [-0.15, -0.1) is 0 Å². The number of imidazole rings is 1. The third-order valence-electron chi connectivity index (χ3n) is 4.04. The van der Waals surface area contributed by atoms with E-state index in [1.54, 1.807) is 49.6 Å². The van der Waals surface area contributed by atoms with Gasteiger partial charge in [0, 0.05) is 13.1 Å². The second-order valence-electron chi connectivity index (χ2n) is 7.77. The fraction of sp³-hybridized carbons (Fsp3) is 0.381. The van der Waals surface area contributed by atoms with E-state index in [1.807, 2.05) is 6.07 Å². The van der Waals surface area contributed by atoms with Crippen molar-refractivity contribution in [2.75, 3.05) is 6.54 Å². The summed E-state index contributed by atoms with van der Waals surface area (Å²) in [5, 5.41) is 22.8. The average molecular weight is 427 g/mol. The van der Waals surface area contributed by atoms with Gasteiger partial charge >= 0.3 is 12.1 Å². The van der Waals surface area contributed by atoms with Crippen molar-refractivity contribution in [3.63, 3.8) is 0 Å². The Morgan fingerprint density at radius 3 is 2.52 bits per heavy atom. The normalized spacial score (nSPS) is 11.8. The number of alkyl carbamates (subject to hydrolysis) is 1. The number of hydrogen-bond acceptors (Lipinski definition) is 6. The van der Waals surface area contributed by atoms with Gasteiger partial charge < -0.3 is 25.0 Å². The Labute approximate surface area is 179 Å². The molecule has 3 N–H and O–H groups in total. The number of hydrogen-bond donors (Lipinski definition) is 3. The third kappa shape index (κ3) is 7.47. The summed E-state index contributed by atoms with van der Waals surface area (Å²) >= 11 is 0. The van der Waals surface area contributed by atoms with E-state index >= 15 is 0 Å². The number of carbonyl (C=O) groups is 3. The first-order chi connectivity index (χ1) is 14.6. The van der Waals surface area contributed by atoms with Gasteiger partial charge in [-0.3, -0.25) is 9.59 Å². The first kappa shape index (κ1) is 23.4. The number of carboxylic acid groups (broad SMARTS) is 1. The van der Waals surface area contributed by atoms with Gasteiger partial charge in [0.25, 0.3) is 0 Å². The number of carboxylic acids is 1. The molecule has 2 aromatic rings. The van der Waals surface area contributed by atoms with Crippen molar-refractivity contribution in [1.82, 2.24) is 20.2 Å². The highest BCUT2D eigenvalue weighted by Crippen LogP contribution is 2.17. The fourth-order valence-corrected chi connectivity index (χ4v) is 2.68. The van der Waals surface area contributed by atoms with Gasteiger partial charge in [-0.1, -0.05) is 12.1 Å². The summed E-state index contributed by atoms with van der Waals surface area (Å²) in [5.74, 6) is -1.64. The highest BCUT2D eigenvalue weighted by Gasteiger charge is 2.28. The monoisotopic (exact) mass is 427 g/mol. The lowest BCUT2D eigenvalue weighted by Gasteiger charge is -2.24. The van der Waals surface area contributed by atoms with E-state index in [0.717, 1.165) is 5.56 Å². The maximum absolute atomic E-state index is 12.8. The lowest BCUT2D eigenvalue weighted by atomic mass is 10.1. The van der Waals surface area contributed by atoms with Crippen molar-refractivity contribution >= 4 is 18.0 Å². The molecule has 0 radical (unpaired) electrons. The molecule has 164 valence electrons. The SMILES string of the molecule is CC(C)(C)OC(=O)N[C@H](C(=O)NCCC(=O)O)c1cncn1Cc1ccc(C#N)cc1. The Balaban J connectivity index is 2.25. The average Bonchev–Trinajstić information content (AvgIpc) is 3.12. The van der Waals surface area contributed by atoms with Crippen LogP contribution >= 0.6 is 0 Å². The van der Waals surface area contributed by atoms with E-state index in [9.17, 15) is 14.4 Å². The molecule has 10 heteroatoms. The number of aromatic nitrogens is 2. The molecule has 1 aromatic heterocycles. The molecule has 1 heterocycles. The summed E-state index contributed by atoms with van der Waals surface area (Å²) in [6.07, 6.45) is 1.91. The molecule has 0 bridgehead atoms. The maximum Gasteiger partial charge on any atom is 0.408 e.